The van der Waals surface area contributed by atoms with Gasteiger partial charge in [0.1, 0.15) is 12.4 Å². The standard InChI is InChI=1S/C13H12O.CH2O3/c1-2-10-14-13-9-5-7-11-6-3-4-8-12(11)13;2-1(3)4/h2-9H,1,10H2;(H2,2,3,4). The molecule has 2 aromatic rings. The molecule has 0 bridgehead atoms. The quantitative estimate of drug-likeness (QED) is 0.811. The van der Waals surface area contributed by atoms with Crippen molar-refractivity contribution in [3.63, 3.8) is 0 Å². The smallest absolute Gasteiger partial charge is 0.489 e. The third-order valence-electron chi connectivity index (χ3n) is 2.11. The molecular weight excluding hydrogens is 232 g/mol. The first-order chi connectivity index (χ1) is 8.65. The van der Waals surface area contributed by atoms with Crippen LogP contribution in [0.2, 0.25) is 0 Å². The monoisotopic (exact) mass is 246 g/mol. The van der Waals surface area contributed by atoms with Crippen LogP contribution in [0.15, 0.2) is 55.1 Å². The number of ether oxygens (including phenoxy) is 1. The highest BCUT2D eigenvalue weighted by Crippen LogP contribution is 2.24. The van der Waals surface area contributed by atoms with Gasteiger partial charge in [-0.1, -0.05) is 49.1 Å². The first kappa shape index (κ1) is 13.6. The van der Waals surface area contributed by atoms with Gasteiger partial charge in [-0.2, -0.15) is 0 Å². The van der Waals surface area contributed by atoms with Gasteiger partial charge < -0.3 is 14.9 Å². The summed E-state index contributed by atoms with van der Waals surface area (Å²) in [6, 6.07) is 14.2. The minimum absolute atomic E-state index is 0.550. The number of hydrogen-bond acceptors (Lipinski definition) is 2. The number of benzene rings is 2. The zero-order valence-corrected chi connectivity index (χ0v) is 9.74. The summed E-state index contributed by atoms with van der Waals surface area (Å²) in [5.74, 6) is 0.919. The predicted molar refractivity (Wildman–Crippen MR) is 70.3 cm³/mol. The van der Waals surface area contributed by atoms with Crippen LogP contribution in [0.5, 0.6) is 5.75 Å². The van der Waals surface area contributed by atoms with Crippen LogP contribution in [0.3, 0.4) is 0 Å². The Morgan fingerprint density at radius 2 is 1.78 bits per heavy atom. The van der Waals surface area contributed by atoms with E-state index in [1.807, 2.05) is 24.3 Å². The van der Waals surface area contributed by atoms with Crippen molar-refractivity contribution >= 4 is 16.9 Å². The Hall–Kier alpha value is -2.49. The molecule has 0 atom stereocenters. The van der Waals surface area contributed by atoms with E-state index in [1.54, 1.807) is 6.08 Å². The lowest BCUT2D eigenvalue weighted by Gasteiger charge is -2.06. The second-order valence-electron chi connectivity index (χ2n) is 3.36. The van der Waals surface area contributed by atoms with Crippen LogP contribution in [0, 0.1) is 0 Å². The van der Waals surface area contributed by atoms with E-state index in [9.17, 15) is 0 Å². The van der Waals surface area contributed by atoms with E-state index in [2.05, 4.69) is 24.8 Å². The summed E-state index contributed by atoms with van der Waals surface area (Å²) in [5.41, 5.74) is 0. The van der Waals surface area contributed by atoms with Gasteiger partial charge in [0.05, 0.1) is 0 Å². The molecule has 4 nitrogen and oxygen atoms in total. The third kappa shape index (κ3) is 4.17. The van der Waals surface area contributed by atoms with Crippen LogP contribution in [0.1, 0.15) is 0 Å². The van der Waals surface area contributed by atoms with Crippen molar-refractivity contribution in [3.8, 4) is 5.75 Å². The fourth-order valence-electron chi connectivity index (χ4n) is 1.47. The maximum absolute atomic E-state index is 8.56. The van der Waals surface area contributed by atoms with Crippen molar-refractivity contribution < 1.29 is 19.7 Å². The zero-order chi connectivity index (χ0) is 13.4. The third-order valence-corrected chi connectivity index (χ3v) is 2.11. The second kappa shape index (κ2) is 6.96. The van der Waals surface area contributed by atoms with Gasteiger partial charge in [0.2, 0.25) is 0 Å². The number of carboxylic acid groups (broad SMARTS) is 2. The van der Waals surface area contributed by atoms with Crippen LogP contribution >= 0.6 is 0 Å². The van der Waals surface area contributed by atoms with Crippen LogP contribution in [0.4, 0.5) is 4.79 Å². The van der Waals surface area contributed by atoms with E-state index < -0.39 is 6.16 Å². The van der Waals surface area contributed by atoms with Gasteiger partial charge in [-0.05, 0) is 11.5 Å². The molecular formula is C14H14O4. The first-order valence-corrected chi connectivity index (χ1v) is 5.28. The lowest BCUT2D eigenvalue weighted by molar-refractivity contribution is 0.137. The average Bonchev–Trinajstić information content (AvgIpc) is 2.35. The number of fused-ring (bicyclic) bond motifs is 1. The van der Waals surface area contributed by atoms with Crippen molar-refractivity contribution in [2.75, 3.05) is 6.61 Å². The number of rotatable bonds is 3. The summed E-state index contributed by atoms with van der Waals surface area (Å²) >= 11 is 0. The van der Waals surface area contributed by atoms with Crippen molar-refractivity contribution in [1.29, 1.82) is 0 Å². The molecule has 2 aromatic carbocycles. The molecule has 18 heavy (non-hydrogen) atoms. The largest absolute Gasteiger partial charge is 0.503 e. The lowest BCUT2D eigenvalue weighted by Crippen LogP contribution is -1.92. The molecule has 0 unspecified atom stereocenters. The molecule has 2 N–H and O–H groups in total. The summed E-state index contributed by atoms with van der Waals surface area (Å²) in [7, 11) is 0. The molecule has 0 saturated carbocycles. The van der Waals surface area contributed by atoms with Crippen LogP contribution in [-0.4, -0.2) is 23.0 Å². The topological polar surface area (TPSA) is 66.8 Å². The molecule has 0 aliphatic heterocycles. The fourth-order valence-corrected chi connectivity index (χ4v) is 1.47. The Bertz CT molecular complexity index is 525. The lowest BCUT2D eigenvalue weighted by atomic mass is 10.1. The van der Waals surface area contributed by atoms with E-state index in [0.29, 0.717) is 6.61 Å². The fraction of sp³-hybridized carbons (Fsp3) is 0.0714. The van der Waals surface area contributed by atoms with Gasteiger partial charge >= 0.3 is 6.16 Å². The normalized spacial score (nSPS) is 9.11. The Morgan fingerprint density at radius 1 is 1.17 bits per heavy atom. The molecule has 4 heteroatoms. The van der Waals surface area contributed by atoms with Crippen LogP contribution < -0.4 is 4.74 Å². The molecule has 0 fully saturated rings. The number of carbonyl (C=O) groups is 1. The molecule has 0 spiro atoms. The molecule has 2 rings (SSSR count). The van der Waals surface area contributed by atoms with Crippen molar-refractivity contribution in [3.05, 3.63) is 55.1 Å². The number of hydrogen-bond donors (Lipinski definition) is 2. The van der Waals surface area contributed by atoms with Crippen LogP contribution in [0.25, 0.3) is 10.8 Å². The molecule has 0 heterocycles. The highest BCUT2D eigenvalue weighted by molar-refractivity contribution is 5.88. The molecule has 94 valence electrons. The van der Waals surface area contributed by atoms with Gasteiger partial charge in [-0.15, -0.1) is 0 Å². The molecule has 0 aliphatic rings. The summed E-state index contributed by atoms with van der Waals surface area (Å²) in [6.45, 7) is 4.18. The summed E-state index contributed by atoms with van der Waals surface area (Å²) in [4.78, 5) is 8.56. The zero-order valence-electron chi connectivity index (χ0n) is 9.74. The summed E-state index contributed by atoms with van der Waals surface area (Å²) in [6.07, 6.45) is -0.0816. The molecule has 0 saturated heterocycles. The Balaban J connectivity index is 0.000000357. The van der Waals surface area contributed by atoms with Gasteiger partial charge in [0.25, 0.3) is 0 Å². The predicted octanol–water partition coefficient (Wildman–Crippen LogP) is 3.63. The second-order valence-corrected chi connectivity index (χ2v) is 3.36. The van der Waals surface area contributed by atoms with E-state index in [1.165, 1.54) is 5.39 Å². The van der Waals surface area contributed by atoms with Gasteiger partial charge in [-0.3, -0.25) is 0 Å². The van der Waals surface area contributed by atoms with E-state index in [0.717, 1.165) is 11.1 Å². The maximum Gasteiger partial charge on any atom is 0.503 e. The molecule has 0 amide bonds. The van der Waals surface area contributed by atoms with E-state index in [-0.39, 0.29) is 0 Å². The molecule has 0 aliphatic carbocycles. The summed E-state index contributed by atoms with van der Waals surface area (Å²) in [5, 5.41) is 16.3. The van der Waals surface area contributed by atoms with E-state index >= 15 is 0 Å². The molecule has 0 aromatic heterocycles. The van der Waals surface area contributed by atoms with Gasteiger partial charge in [0, 0.05) is 5.39 Å². The highest BCUT2D eigenvalue weighted by Gasteiger charge is 1.98. The van der Waals surface area contributed by atoms with Crippen molar-refractivity contribution in [2.24, 2.45) is 0 Å². The minimum Gasteiger partial charge on any atom is -0.489 e. The van der Waals surface area contributed by atoms with Crippen LogP contribution in [-0.2, 0) is 0 Å². The Morgan fingerprint density at radius 3 is 2.44 bits per heavy atom. The summed E-state index contributed by atoms with van der Waals surface area (Å²) < 4.78 is 5.55. The average molecular weight is 246 g/mol. The van der Waals surface area contributed by atoms with Crippen molar-refractivity contribution in [2.45, 2.75) is 0 Å². The Kier molecular flexibility index (Phi) is 5.25. The Labute approximate surface area is 105 Å². The minimum atomic E-state index is -1.83. The van der Waals surface area contributed by atoms with Gasteiger partial charge in [0.15, 0.2) is 0 Å². The SMILES string of the molecule is C=CCOc1cccc2ccccc12.O=C(O)O. The highest BCUT2D eigenvalue weighted by atomic mass is 16.6. The van der Waals surface area contributed by atoms with Crippen molar-refractivity contribution in [1.82, 2.24) is 0 Å². The van der Waals surface area contributed by atoms with E-state index in [4.69, 9.17) is 19.7 Å². The molecule has 0 radical (unpaired) electrons. The first-order valence-electron chi connectivity index (χ1n) is 5.28. The maximum atomic E-state index is 8.56. The van der Waals surface area contributed by atoms with Gasteiger partial charge in [-0.25, -0.2) is 4.79 Å².